The molecule has 0 aromatic heterocycles. The fourth-order valence-electron chi connectivity index (χ4n) is 2.35. The topological polar surface area (TPSA) is 21.3 Å². The van der Waals surface area contributed by atoms with E-state index in [4.69, 9.17) is 16.3 Å². The third-order valence-corrected chi connectivity index (χ3v) is 3.64. The molecule has 2 aromatic rings. The van der Waals surface area contributed by atoms with Crippen molar-refractivity contribution in [2.75, 3.05) is 13.7 Å². The van der Waals surface area contributed by atoms with Gasteiger partial charge >= 0.3 is 0 Å². The van der Waals surface area contributed by atoms with Gasteiger partial charge in [0.25, 0.3) is 0 Å². The van der Waals surface area contributed by atoms with E-state index in [0.717, 1.165) is 12.1 Å². The Morgan fingerprint density at radius 2 is 1.90 bits per heavy atom. The van der Waals surface area contributed by atoms with Crippen LogP contribution < -0.4 is 10.1 Å². The number of hydrogen-bond acceptors (Lipinski definition) is 2. The minimum Gasteiger partial charge on any atom is -0.494 e. The Balaban J connectivity index is 2.28. The molecule has 4 heteroatoms. The molecule has 0 bridgehead atoms. The van der Waals surface area contributed by atoms with Crippen LogP contribution in [0.3, 0.4) is 0 Å². The van der Waals surface area contributed by atoms with Crippen molar-refractivity contribution < 1.29 is 9.13 Å². The number of ether oxygens (including phenoxy) is 1. The van der Waals surface area contributed by atoms with Crippen molar-refractivity contribution in [3.63, 3.8) is 0 Å². The maximum Gasteiger partial charge on any atom is 0.169 e. The summed E-state index contributed by atoms with van der Waals surface area (Å²) in [6.45, 7) is 2.77. The molecule has 0 aliphatic carbocycles. The molecule has 2 aromatic carbocycles. The lowest BCUT2D eigenvalue weighted by Gasteiger charge is -2.20. The maximum absolute atomic E-state index is 14.4. The van der Waals surface area contributed by atoms with Gasteiger partial charge in [0, 0.05) is 16.6 Å². The normalized spacial score (nSPS) is 12.2. The Hall–Kier alpha value is -1.58. The second-order valence-electron chi connectivity index (χ2n) is 4.80. The van der Waals surface area contributed by atoms with Crippen molar-refractivity contribution >= 4 is 11.6 Å². The molecule has 0 aliphatic rings. The highest BCUT2D eigenvalue weighted by Gasteiger charge is 2.18. The van der Waals surface area contributed by atoms with Gasteiger partial charge in [-0.3, -0.25) is 0 Å². The fraction of sp³-hybridized carbons (Fsp3) is 0.294. The van der Waals surface area contributed by atoms with Gasteiger partial charge in [0.15, 0.2) is 11.6 Å². The molecule has 1 N–H and O–H groups in total. The number of halogens is 2. The highest BCUT2D eigenvalue weighted by atomic mass is 35.5. The second kappa shape index (κ2) is 7.43. The molecule has 0 spiro atoms. The highest BCUT2D eigenvalue weighted by molar-refractivity contribution is 6.30. The van der Waals surface area contributed by atoms with Crippen molar-refractivity contribution in [1.82, 2.24) is 5.32 Å². The summed E-state index contributed by atoms with van der Waals surface area (Å²) in [5.74, 6) is -0.0357. The molecule has 21 heavy (non-hydrogen) atoms. The Morgan fingerprint density at radius 3 is 2.52 bits per heavy atom. The molecule has 0 fully saturated rings. The minimum absolute atomic E-state index is 0.105. The minimum atomic E-state index is -0.306. The first-order chi connectivity index (χ1) is 10.2. The molecule has 112 valence electrons. The van der Waals surface area contributed by atoms with E-state index in [1.165, 1.54) is 7.11 Å². The monoisotopic (exact) mass is 307 g/mol. The molecular weight excluding hydrogens is 289 g/mol. The SMILES string of the molecule is CCNC(Cc1ccc(Cl)cc1)c1cccc(OC)c1F. The summed E-state index contributed by atoms with van der Waals surface area (Å²) in [5.41, 5.74) is 1.72. The predicted molar refractivity (Wildman–Crippen MR) is 84.5 cm³/mol. The standard InChI is InChI=1S/C17H19ClFNO/c1-3-20-15(11-12-7-9-13(18)10-8-12)14-5-4-6-16(21-2)17(14)19/h4-10,15,20H,3,11H2,1-2H3. The van der Waals surface area contributed by atoms with Gasteiger partial charge in [-0.25, -0.2) is 4.39 Å². The van der Waals surface area contributed by atoms with E-state index in [2.05, 4.69) is 5.32 Å². The van der Waals surface area contributed by atoms with E-state index < -0.39 is 0 Å². The Bertz CT molecular complexity index is 586. The van der Waals surface area contributed by atoms with E-state index in [-0.39, 0.29) is 17.6 Å². The van der Waals surface area contributed by atoms with E-state index >= 15 is 0 Å². The summed E-state index contributed by atoms with van der Waals surface area (Å²) in [6.07, 6.45) is 0.690. The average molecular weight is 308 g/mol. The number of benzene rings is 2. The zero-order valence-corrected chi connectivity index (χ0v) is 13.0. The molecule has 0 heterocycles. The van der Waals surface area contributed by atoms with Crippen molar-refractivity contribution in [1.29, 1.82) is 0 Å². The molecular formula is C17H19ClFNO. The van der Waals surface area contributed by atoms with Gasteiger partial charge in [0.1, 0.15) is 0 Å². The van der Waals surface area contributed by atoms with Crippen LogP contribution in [0.4, 0.5) is 4.39 Å². The molecule has 0 saturated heterocycles. The molecule has 0 amide bonds. The zero-order chi connectivity index (χ0) is 15.2. The van der Waals surface area contributed by atoms with E-state index in [9.17, 15) is 4.39 Å². The first kappa shape index (κ1) is 15.8. The lowest BCUT2D eigenvalue weighted by molar-refractivity contribution is 0.379. The van der Waals surface area contributed by atoms with Gasteiger partial charge in [-0.05, 0) is 36.7 Å². The summed E-state index contributed by atoms with van der Waals surface area (Å²) in [5, 5.41) is 4.03. The first-order valence-corrected chi connectivity index (χ1v) is 7.33. The molecule has 0 aliphatic heterocycles. The summed E-state index contributed by atoms with van der Waals surface area (Å²) < 4.78 is 19.5. The average Bonchev–Trinajstić information content (AvgIpc) is 2.49. The van der Waals surface area contributed by atoms with Gasteiger partial charge in [-0.1, -0.05) is 42.8 Å². The summed E-state index contributed by atoms with van der Waals surface area (Å²) >= 11 is 5.90. The first-order valence-electron chi connectivity index (χ1n) is 6.96. The number of methoxy groups -OCH3 is 1. The number of rotatable bonds is 6. The maximum atomic E-state index is 14.4. The van der Waals surface area contributed by atoms with Crippen molar-refractivity contribution in [3.05, 3.63) is 64.4 Å². The summed E-state index contributed by atoms with van der Waals surface area (Å²) in [6, 6.07) is 12.7. The van der Waals surface area contributed by atoms with Crippen LogP contribution in [0.5, 0.6) is 5.75 Å². The quantitative estimate of drug-likeness (QED) is 0.855. The smallest absolute Gasteiger partial charge is 0.169 e. The Morgan fingerprint density at radius 1 is 1.19 bits per heavy atom. The Kier molecular flexibility index (Phi) is 5.59. The van der Waals surface area contributed by atoms with Crippen molar-refractivity contribution in [3.8, 4) is 5.75 Å². The third kappa shape index (κ3) is 3.96. The molecule has 0 radical (unpaired) electrons. The number of hydrogen-bond donors (Lipinski definition) is 1. The summed E-state index contributed by atoms with van der Waals surface area (Å²) in [4.78, 5) is 0. The van der Waals surface area contributed by atoms with Gasteiger partial charge < -0.3 is 10.1 Å². The van der Waals surface area contributed by atoms with E-state index in [1.807, 2.05) is 37.3 Å². The van der Waals surface area contributed by atoms with Gasteiger partial charge in [-0.15, -0.1) is 0 Å². The van der Waals surface area contributed by atoms with Crippen LogP contribution in [0.15, 0.2) is 42.5 Å². The van der Waals surface area contributed by atoms with Crippen LogP contribution in [-0.2, 0) is 6.42 Å². The van der Waals surface area contributed by atoms with E-state index in [0.29, 0.717) is 17.0 Å². The molecule has 1 unspecified atom stereocenters. The van der Waals surface area contributed by atoms with Gasteiger partial charge in [0.2, 0.25) is 0 Å². The van der Waals surface area contributed by atoms with Crippen LogP contribution in [-0.4, -0.2) is 13.7 Å². The van der Waals surface area contributed by atoms with Gasteiger partial charge in [0.05, 0.1) is 7.11 Å². The van der Waals surface area contributed by atoms with Crippen LogP contribution in [0, 0.1) is 5.82 Å². The van der Waals surface area contributed by atoms with Crippen LogP contribution in [0.25, 0.3) is 0 Å². The molecule has 0 saturated carbocycles. The van der Waals surface area contributed by atoms with E-state index in [1.54, 1.807) is 12.1 Å². The second-order valence-corrected chi connectivity index (χ2v) is 5.24. The third-order valence-electron chi connectivity index (χ3n) is 3.39. The number of likely N-dealkylation sites (N-methyl/N-ethyl adjacent to an activating group) is 1. The predicted octanol–water partition coefficient (Wildman–Crippen LogP) is 4.38. The molecule has 2 rings (SSSR count). The molecule has 2 nitrogen and oxygen atoms in total. The van der Waals surface area contributed by atoms with Crippen LogP contribution >= 0.6 is 11.6 Å². The lowest BCUT2D eigenvalue weighted by Crippen LogP contribution is -2.24. The highest BCUT2D eigenvalue weighted by Crippen LogP contribution is 2.27. The number of nitrogens with one attached hydrogen (secondary N) is 1. The fourth-order valence-corrected chi connectivity index (χ4v) is 2.48. The van der Waals surface area contributed by atoms with Crippen molar-refractivity contribution in [2.24, 2.45) is 0 Å². The largest absolute Gasteiger partial charge is 0.494 e. The summed E-state index contributed by atoms with van der Waals surface area (Å²) in [7, 11) is 1.48. The van der Waals surface area contributed by atoms with Gasteiger partial charge in [-0.2, -0.15) is 0 Å². The van der Waals surface area contributed by atoms with Crippen LogP contribution in [0.1, 0.15) is 24.1 Å². The lowest BCUT2D eigenvalue weighted by atomic mass is 9.98. The van der Waals surface area contributed by atoms with Crippen LogP contribution in [0.2, 0.25) is 5.02 Å². The zero-order valence-electron chi connectivity index (χ0n) is 12.2. The molecule has 1 atom stereocenters. The Labute approximate surface area is 129 Å². The van der Waals surface area contributed by atoms with Crippen molar-refractivity contribution in [2.45, 2.75) is 19.4 Å².